The zero-order valence-corrected chi connectivity index (χ0v) is 16.0. The van der Waals surface area contributed by atoms with Gasteiger partial charge >= 0.3 is 12.4 Å². The fourth-order valence-electron chi connectivity index (χ4n) is 3.96. The fourth-order valence-corrected chi connectivity index (χ4v) is 3.96. The van der Waals surface area contributed by atoms with E-state index in [1.54, 1.807) is 18.2 Å². The van der Waals surface area contributed by atoms with Gasteiger partial charge in [-0.05, 0) is 46.0 Å². The Hall–Kier alpha value is -3.06. The van der Waals surface area contributed by atoms with Gasteiger partial charge in [-0.25, -0.2) is 0 Å². The lowest BCUT2D eigenvalue weighted by Crippen LogP contribution is -2.23. The Morgan fingerprint density at radius 1 is 0.710 bits per heavy atom. The Bertz CT molecular complexity index is 1100. The average Bonchev–Trinajstić information content (AvgIpc) is 2.73. The topological polar surface area (TPSA) is 26.0 Å². The van der Waals surface area contributed by atoms with E-state index >= 15 is 0 Å². The number of hydrogen-bond acceptors (Lipinski definition) is 1. The SMILES string of the molecule is N[C@H]1c2c(cccc2-c2cc(C(F)(F)F)cc(C(F)(F)F)c2)C=C[C@@H]1c1ccccc1. The molecule has 0 heterocycles. The standard InChI is InChI=1S/C24H17F6N/c25-23(26,27)17-11-16(12-18(13-17)24(28,29)30)19-8-4-7-15-9-10-20(22(31)21(15)19)14-5-2-1-3-6-14/h1-13,20,22H,31H2/t20-,22-/m1/s1. The van der Waals surface area contributed by atoms with Gasteiger partial charge in [0.15, 0.2) is 0 Å². The van der Waals surface area contributed by atoms with Crippen LogP contribution in [0.4, 0.5) is 26.3 Å². The maximum atomic E-state index is 13.3. The molecule has 0 saturated carbocycles. The normalized spacial score (nSPS) is 18.7. The summed E-state index contributed by atoms with van der Waals surface area (Å²) >= 11 is 0. The Balaban J connectivity index is 1.90. The van der Waals surface area contributed by atoms with E-state index in [1.165, 1.54) is 6.07 Å². The van der Waals surface area contributed by atoms with Gasteiger partial charge in [-0.15, -0.1) is 0 Å². The van der Waals surface area contributed by atoms with Crippen LogP contribution in [0, 0.1) is 0 Å². The lowest BCUT2D eigenvalue weighted by Gasteiger charge is -2.29. The molecule has 0 amide bonds. The molecule has 0 unspecified atom stereocenters. The van der Waals surface area contributed by atoms with Gasteiger partial charge in [0.1, 0.15) is 0 Å². The van der Waals surface area contributed by atoms with E-state index in [1.807, 2.05) is 36.4 Å². The number of benzene rings is 3. The van der Waals surface area contributed by atoms with Crippen LogP contribution in [-0.2, 0) is 12.4 Å². The maximum absolute atomic E-state index is 13.3. The predicted octanol–water partition coefficient (Wildman–Crippen LogP) is 7.20. The third kappa shape index (κ3) is 4.10. The Morgan fingerprint density at radius 2 is 1.32 bits per heavy atom. The predicted molar refractivity (Wildman–Crippen MR) is 107 cm³/mol. The van der Waals surface area contributed by atoms with Crippen molar-refractivity contribution in [2.45, 2.75) is 24.3 Å². The van der Waals surface area contributed by atoms with Crippen molar-refractivity contribution in [2.75, 3.05) is 0 Å². The first-order valence-electron chi connectivity index (χ1n) is 9.47. The van der Waals surface area contributed by atoms with Crippen molar-refractivity contribution in [3.8, 4) is 11.1 Å². The Kier molecular flexibility index (Phi) is 5.17. The fraction of sp³-hybridized carbons (Fsp3) is 0.167. The highest BCUT2D eigenvalue weighted by atomic mass is 19.4. The Morgan fingerprint density at radius 3 is 1.90 bits per heavy atom. The zero-order valence-electron chi connectivity index (χ0n) is 16.0. The molecule has 4 rings (SSSR count). The summed E-state index contributed by atoms with van der Waals surface area (Å²) in [6.45, 7) is 0. The van der Waals surface area contributed by atoms with Crippen LogP contribution >= 0.6 is 0 Å². The van der Waals surface area contributed by atoms with E-state index in [2.05, 4.69) is 0 Å². The quantitative estimate of drug-likeness (QED) is 0.425. The highest BCUT2D eigenvalue weighted by Crippen LogP contribution is 2.44. The monoisotopic (exact) mass is 433 g/mol. The molecule has 2 N–H and O–H groups in total. The van der Waals surface area contributed by atoms with Crippen LogP contribution in [0.15, 0.2) is 72.8 Å². The Labute approximate surface area is 174 Å². The number of rotatable bonds is 2. The molecule has 1 nitrogen and oxygen atoms in total. The number of hydrogen-bond donors (Lipinski definition) is 1. The third-order valence-electron chi connectivity index (χ3n) is 5.43. The summed E-state index contributed by atoms with van der Waals surface area (Å²) in [4.78, 5) is 0. The van der Waals surface area contributed by atoms with Crippen LogP contribution in [0.5, 0.6) is 0 Å². The van der Waals surface area contributed by atoms with Gasteiger partial charge < -0.3 is 5.73 Å². The molecule has 0 bridgehead atoms. The number of nitrogens with two attached hydrogens (primary N) is 1. The largest absolute Gasteiger partial charge is 0.416 e. The molecule has 31 heavy (non-hydrogen) atoms. The van der Waals surface area contributed by atoms with Crippen LogP contribution in [0.3, 0.4) is 0 Å². The summed E-state index contributed by atoms with van der Waals surface area (Å²) in [7, 11) is 0. The maximum Gasteiger partial charge on any atom is 0.416 e. The van der Waals surface area contributed by atoms with Gasteiger partial charge in [-0.2, -0.15) is 26.3 Å². The average molecular weight is 433 g/mol. The summed E-state index contributed by atoms with van der Waals surface area (Å²) in [6.07, 6.45) is -6.13. The second kappa shape index (κ2) is 7.57. The molecule has 0 fully saturated rings. The molecule has 1 aliphatic rings. The summed E-state index contributed by atoms with van der Waals surface area (Å²) in [5.74, 6) is -0.261. The second-order valence-electron chi connectivity index (χ2n) is 7.42. The number of fused-ring (bicyclic) bond motifs is 1. The molecule has 7 heteroatoms. The molecule has 3 aromatic rings. The first-order chi connectivity index (χ1) is 14.6. The molecule has 0 aliphatic heterocycles. The molecule has 160 valence electrons. The van der Waals surface area contributed by atoms with Crippen LogP contribution in [0.1, 0.15) is 39.8 Å². The molecule has 3 aromatic carbocycles. The number of alkyl halides is 6. The van der Waals surface area contributed by atoms with E-state index < -0.39 is 29.5 Å². The van der Waals surface area contributed by atoms with E-state index in [9.17, 15) is 26.3 Å². The van der Waals surface area contributed by atoms with Crippen molar-refractivity contribution in [1.82, 2.24) is 0 Å². The van der Waals surface area contributed by atoms with Gasteiger partial charge in [-0.1, -0.05) is 60.7 Å². The van der Waals surface area contributed by atoms with Gasteiger partial charge in [0.05, 0.1) is 11.1 Å². The highest BCUT2D eigenvalue weighted by Gasteiger charge is 2.37. The molecule has 0 saturated heterocycles. The van der Waals surface area contributed by atoms with Crippen molar-refractivity contribution < 1.29 is 26.3 Å². The summed E-state index contributed by atoms with van der Waals surface area (Å²) in [5, 5.41) is 0. The van der Waals surface area contributed by atoms with Crippen molar-refractivity contribution >= 4 is 6.08 Å². The first kappa shape index (κ1) is 21.2. The van der Waals surface area contributed by atoms with Crippen LogP contribution in [0.2, 0.25) is 0 Å². The minimum atomic E-state index is -4.92. The van der Waals surface area contributed by atoms with E-state index in [-0.39, 0.29) is 23.1 Å². The third-order valence-corrected chi connectivity index (χ3v) is 5.43. The molecular formula is C24H17F6N. The lowest BCUT2D eigenvalue weighted by atomic mass is 9.78. The second-order valence-corrected chi connectivity index (χ2v) is 7.42. The van der Waals surface area contributed by atoms with Crippen molar-refractivity contribution in [2.24, 2.45) is 5.73 Å². The van der Waals surface area contributed by atoms with E-state index in [4.69, 9.17) is 5.73 Å². The summed E-state index contributed by atoms with van der Waals surface area (Å²) in [5.41, 5.74) is 5.99. The molecule has 0 aromatic heterocycles. The molecule has 0 spiro atoms. The minimum Gasteiger partial charge on any atom is -0.323 e. The van der Waals surface area contributed by atoms with Gasteiger partial charge in [-0.3, -0.25) is 0 Å². The van der Waals surface area contributed by atoms with Crippen molar-refractivity contribution in [3.63, 3.8) is 0 Å². The van der Waals surface area contributed by atoms with Crippen LogP contribution in [0.25, 0.3) is 17.2 Å². The number of halogens is 6. The van der Waals surface area contributed by atoms with Gasteiger partial charge in [0.2, 0.25) is 0 Å². The summed E-state index contributed by atoms with van der Waals surface area (Å²) in [6, 6.07) is 15.1. The zero-order chi connectivity index (χ0) is 22.4. The van der Waals surface area contributed by atoms with Crippen molar-refractivity contribution in [3.05, 3.63) is 101 Å². The van der Waals surface area contributed by atoms with Gasteiger partial charge in [0.25, 0.3) is 0 Å². The molecule has 1 aliphatic carbocycles. The highest BCUT2D eigenvalue weighted by molar-refractivity contribution is 5.76. The molecule has 0 radical (unpaired) electrons. The summed E-state index contributed by atoms with van der Waals surface area (Å²) < 4.78 is 80.1. The van der Waals surface area contributed by atoms with E-state index in [0.717, 1.165) is 17.7 Å². The van der Waals surface area contributed by atoms with Crippen molar-refractivity contribution in [1.29, 1.82) is 0 Å². The van der Waals surface area contributed by atoms with Crippen LogP contribution in [-0.4, -0.2) is 0 Å². The van der Waals surface area contributed by atoms with Gasteiger partial charge in [0, 0.05) is 12.0 Å². The molecule has 2 atom stereocenters. The minimum absolute atomic E-state index is 0.130. The van der Waals surface area contributed by atoms with E-state index in [0.29, 0.717) is 11.1 Å². The first-order valence-corrected chi connectivity index (χ1v) is 9.47. The lowest BCUT2D eigenvalue weighted by molar-refractivity contribution is -0.143. The molecular weight excluding hydrogens is 416 g/mol. The van der Waals surface area contributed by atoms with Crippen LogP contribution < -0.4 is 5.73 Å². The smallest absolute Gasteiger partial charge is 0.323 e.